The van der Waals surface area contributed by atoms with Gasteiger partial charge in [-0.25, -0.2) is 0 Å². The van der Waals surface area contributed by atoms with E-state index in [9.17, 15) is 5.11 Å². The van der Waals surface area contributed by atoms with E-state index in [1.54, 1.807) is 13.2 Å². The Balaban J connectivity index is 1.83. The summed E-state index contributed by atoms with van der Waals surface area (Å²) in [6, 6.07) is 15.4. The van der Waals surface area contributed by atoms with Crippen molar-refractivity contribution in [1.82, 2.24) is 0 Å². The number of aliphatic hydroxyl groups is 1. The van der Waals surface area contributed by atoms with Crippen LogP contribution in [-0.2, 0) is 4.74 Å². The van der Waals surface area contributed by atoms with E-state index in [2.05, 4.69) is 0 Å². The van der Waals surface area contributed by atoms with Gasteiger partial charge in [0.2, 0.25) is 0 Å². The van der Waals surface area contributed by atoms with Crippen molar-refractivity contribution in [3.05, 3.63) is 59.7 Å². The van der Waals surface area contributed by atoms with Crippen LogP contribution in [0, 0.1) is 0 Å². The highest BCUT2D eigenvalue weighted by atomic mass is 16.7. The molecule has 3 rings (SSSR count). The van der Waals surface area contributed by atoms with Crippen LogP contribution in [0.2, 0.25) is 0 Å². The van der Waals surface area contributed by atoms with Crippen molar-refractivity contribution in [3.63, 3.8) is 0 Å². The third-order valence-corrected chi connectivity index (χ3v) is 3.67. The highest BCUT2D eigenvalue weighted by Gasteiger charge is 2.30. The lowest BCUT2D eigenvalue weighted by atomic mass is 9.87. The molecule has 0 amide bonds. The summed E-state index contributed by atoms with van der Waals surface area (Å²) in [5.41, 5.74) is 1.87. The standard InChI is InChI=1S/C17H18O4/c1-19-11-21-13-7-8-14-16(9-13)20-10-15(17(14)18)12-5-3-2-4-6-12/h2-9,15,17-18H,10-11H2,1H3/t15-,17-/m0/s1. The molecule has 0 saturated heterocycles. The summed E-state index contributed by atoms with van der Waals surface area (Å²) in [4.78, 5) is 0. The monoisotopic (exact) mass is 286 g/mol. The average molecular weight is 286 g/mol. The number of methoxy groups -OCH3 is 1. The highest BCUT2D eigenvalue weighted by Crippen LogP contribution is 2.41. The van der Waals surface area contributed by atoms with Crippen LogP contribution in [0.25, 0.3) is 0 Å². The summed E-state index contributed by atoms with van der Waals surface area (Å²) in [7, 11) is 1.57. The van der Waals surface area contributed by atoms with E-state index in [1.165, 1.54) is 0 Å². The van der Waals surface area contributed by atoms with E-state index in [1.807, 2.05) is 42.5 Å². The first kappa shape index (κ1) is 13.9. The van der Waals surface area contributed by atoms with Crippen LogP contribution in [0.4, 0.5) is 0 Å². The first-order chi connectivity index (χ1) is 10.3. The van der Waals surface area contributed by atoms with Crippen molar-refractivity contribution in [2.75, 3.05) is 20.5 Å². The summed E-state index contributed by atoms with van der Waals surface area (Å²) >= 11 is 0. The minimum absolute atomic E-state index is 0.0514. The smallest absolute Gasteiger partial charge is 0.188 e. The molecule has 0 aromatic heterocycles. The van der Waals surface area contributed by atoms with Crippen LogP contribution >= 0.6 is 0 Å². The SMILES string of the molecule is COCOc1ccc2c(c1)OC[C@@H](c1ccccc1)[C@H]2O. The zero-order valence-corrected chi connectivity index (χ0v) is 11.9. The van der Waals surface area contributed by atoms with Crippen LogP contribution < -0.4 is 9.47 Å². The predicted molar refractivity (Wildman–Crippen MR) is 78.6 cm³/mol. The van der Waals surface area contributed by atoms with E-state index in [0.717, 1.165) is 11.1 Å². The lowest BCUT2D eigenvalue weighted by Gasteiger charge is -2.30. The van der Waals surface area contributed by atoms with Crippen LogP contribution in [0.1, 0.15) is 23.1 Å². The lowest BCUT2D eigenvalue weighted by Crippen LogP contribution is -2.24. The normalized spacial score (nSPS) is 20.5. The van der Waals surface area contributed by atoms with Crippen molar-refractivity contribution in [2.24, 2.45) is 0 Å². The van der Waals surface area contributed by atoms with Gasteiger partial charge in [-0.15, -0.1) is 0 Å². The maximum Gasteiger partial charge on any atom is 0.188 e. The molecular formula is C17H18O4. The fraction of sp³-hybridized carbons (Fsp3) is 0.294. The van der Waals surface area contributed by atoms with Crippen LogP contribution in [-0.4, -0.2) is 25.6 Å². The molecule has 0 bridgehead atoms. The Hall–Kier alpha value is -2.04. The van der Waals surface area contributed by atoms with Gasteiger partial charge in [0.05, 0.1) is 12.7 Å². The zero-order valence-electron chi connectivity index (χ0n) is 11.9. The van der Waals surface area contributed by atoms with Gasteiger partial charge < -0.3 is 19.3 Å². The maximum absolute atomic E-state index is 10.6. The minimum Gasteiger partial charge on any atom is -0.492 e. The van der Waals surface area contributed by atoms with Crippen LogP contribution in [0.15, 0.2) is 48.5 Å². The molecule has 1 heterocycles. The van der Waals surface area contributed by atoms with Crippen molar-refractivity contribution < 1.29 is 19.3 Å². The molecular weight excluding hydrogens is 268 g/mol. The third-order valence-electron chi connectivity index (χ3n) is 3.67. The Morgan fingerprint density at radius 1 is 1.19 bits per heavy atom. The first-order valence-electron chi connectivity index (χ1n) is 6.91. The second-order valence-electron chi connectivity index (χ2n) is 5.02. The molecule has 1 aliphatic rings. The molecule has 0 unspecified atom stereocenters. The van der Waals surface area contributed by atoms with Crippen molar-refractivity contribution in [2.45, 2.75) is 12.0 Å². The summed E-state index contributed by atoms with van der Waals surface area (Å²) in [6.45, 7) is 0.639. The van der Waals surface area contributed by atoms with Crippen LogP contribution in [0.5, 0.6) is 11.5 Å². The molecule has 1 aliphatic heterocycles. The van der Waals surface area contributed by atoms with Crippen molar-refractivity contribution in [1.29, 1.82) is 0 Å². The van der Waals surface area contributed by atoms with E-state index < -0.39 is 6.10 Å². The Morgan fingerprint density at radius 3 is 2.76 bits per heavy atom. The third kappa shape index (κ3) is 2.86. The second-order valence-corrected chi connectivity index (χ2v) is 5.02. The maximum atomic E-state index is 10.6. The molecule has 2 atom stereocenters. The molecule has 0 saturated carbocycles. The highest BCUT2D eigenvalue weighted by molar-refractivity contribution is 5.45. The molecule has 110 valence electrons. The quantitative estimate of drug-likeness (QED) is 0.878. The molecule has 21 heavy (non-hydrogen) atoms. The van der Waals surface area contributed by atoms with Gasteiger partial charge in [-0.1, -0.05) is 30.3 Å². The van der Waals surface area contributed by atoms with Gasteiger partial charge in [0, 0.05) is 24.7 Å². The molecule has 0 fully saturated rings. The predicted octanol–water partition coefficient (Wildman–Crippen LogP) is 2.88. The summed E-state index contributed by atoms with van der Waals surface area (Å²) in [6.07, 6.45) is -0.576. The van der Waals surface area contributed by atoms with Gasteiger partial charge in [-0.3, -0.25) is 0 Å². The van der Waals surface area contributed by atoms with Gasteiger partial charge in [-0.05, 0) is 17.7 Å². The van der Waals surface area contributed by atoms with Crippen molar-refractivity contribution >= 4 is 0 Å². The van der Waals surface area contributed by atoms with Gasteiger partial charge in [0.15, 0.2) is 6.79 Å². The van der Waals surface area contributed by atoms with Gasteiger partial charge in [0.25, 0.3) is 0 Å². The largest absolute Gasteiger partial charge is 0.492 e. The summed E-state index contributed by atoms with van der Waals surface area (Å²) in [5, 5.41) is 10.6. The summed E-state index contributed by atoms with van der Waals surface area (Å²) < 4.78 is 16.1. The average Bonchev–Trinajstić information content (AvgIpc) is 2.54. The molecule has 0 spiro atoms. The van der Waals surface area contributed by atoms with E-state index in [-0.39, 0.29) is 12.7 Å². The number of ether oxygens (including phenoxy) is 3. The molecule has 4 heteroatoms. The Labute approximate surface area is 123 Å². The number of hydrogen-bond donors (Lipinski definition) is 1. The number of rotatable bonds is 4. The van der Waals surface area contributed by atoms with Gasteiger partial charge >= 0.3 is 0 Å². The summed E-state index contributed by atoms with van der Waals surface area (Å²) in [5.74, 6) is 1.29. The zero-order chi connectivity index (χ0) is 14.7. The molecule has 0 aliphatic carbocycles. The van der Waals surface area contributed by atoms with Gasteiger partial charge in [-0.2, -0.15) is 0 Å². The first-order valence-corrected chi connectivity index (χ1v) is 6.91. The minimum atomic E-state index is -0.576. The second kappa shape index (κ2) is 6.16. The fourth-order valence-electron chi connectivity index (χ4n) is 2.57. The topological polar surface area (TPSA) is 47.9 Å². The Morgan fingerprint density at radius 2 is 2.00 bits per heavy atom. The number of fused-ring (bicyclic) bond motifs is 1. The molecule has 4 nitrogen and oxygen atoms in total. The number of hydrogen-bond acceptors (Lipinski definition) is 4. The Bertz CT molecular complexity index is 597. The lowest BCUT2D eigenvalue weighted by molar-refractivity contribution is 0.0502. The van der Waals surface area contributed by atoms with E-state index in [0.29, 0.717) is 18.1 Å². The molecule has 2 aromatic carbocycles. The van der Waals surface area contributed by atoms with E-state index in [4.69, 9.17) is 14.2 Å². The Kier molecular flexibility index (Phi) is 4.08. The molecule has 0 radical (unpaired) electrons. The van der Waals surface area contributed by atoms with Crippen LogP contribution in [0.3, 0.4) is 0 Å². The fourth-order valence-corrected chi connectivity index (χ4v) is 2.57. The number of aliphatic hydroxyl groups excluding tert-OH is 1. The van der Waals surface area contributed by atoms with Gasteiger partial charge in [0.1, 0.15) is 11.5 Å². The molecule has 1 N–H and O–H groups in total. The van der Waals surface area contributed by atoms with Crippen molar-refractivity contribution in [3.8, 4) is 11.5 Å². The van der Waals surface area contributed by atoms with E-state index >= 15 is 0 Å². The molecule has 2 aromatic rings. The number of benzene rings is 2.